The van der Waals surface area contributed by atoms with E-state index in [0.717, 1.165) is 18.5 Å². The fraction of sp³-hybridized carbons (Fsp3) is 0.333. The Morgan fingerprint density at radius 2 is 1.86 bits per heavy atom. The molecule has 0 saturated carbocycles. The summed E-state index contributed by atoms with van der Waals surface area (Å²) in [6, 6.07) is 1.32. The molecule has 0 aliphatic heterocycles. The minimum atomic E-state index is -4.80. The van der Waals surface area contributed by atoms with Crippen molar-refractivity contribution in [2.24, 2.45) is 0 Å². The molecule has 0 aliphatic rings. The van der Waals surface area contributed by atoms with Crippen molar-refractivity contribution in [3.63, 3.8) is 0 Å². The van der Waals surface area contributed by atoms with Crippen LogP contribution in [0.1, 0.15) is 12.5 Å². The standard InChI is InChI=1S/C6H4F3NO.C6H7F3O2/c7-6(8,9)4-1-2-10-5(11)3-4;1-2-11-4-3-5(10)6(7,8)9/h1-3H,(H,10,11);3-4H,2H2,1H3. The molecule has 10 heteroatoms. The molecule has 0 atom stereocenters. The van der Waals surface area contributed by atoms with Gasteiger partial charge in [-0.15, -0.1) is 0 Å². The third-order valence-electron chi connectivity index (χ3n) is 1.86. The lowest BCUT2D eigenvalue weighted by Gasteiger charge is -2.03. The van der Waals surface area contributed by atoms with Gasteiger partial charge < -0.3 is 9.72 Å². The molecule has 0 fully saturated rings. The zero-order chi connectivity index (χ0) is 17.4. The number of alkyl halides is 6. The van der Waals surface area contributed by atoms with E-state index >= 15 is 0 Å². The monoisotopic (exact) mass is 331 g/mol. The van der Waals surface area contributed by atoms with Gasteiger partial charge in [-0.3, -0.25) is 9.59 Å². The van der Waals surface area contributed by atoms with Gasteiger partial charge in [0.2, 0.25) is 5.56 Å². The molecule has 1 heterocycles. The Morgan fingerprint density at radius 3 is 2.23 bits per heavy atom. The molecule has 1 aromatic rings. The van der Waals surface area contributed by atoms with Gasteiger partial charge in [0.05, 0.1) is 18.4 Å². The number of ketones is 1. The summed E-state index contributed by atoms with van der Waals surface area (Å²) in [5, 5.41) is 0. The van der Waals surface area contributed by atoms with Gasteiger partial charge in [-0.25, -0.2) is 0 Å². The Morgan fingerprint density at radius 1 is 1.27 bits per heavy atom. The zero-order valence-corrected chi connectivity index (χ0v) is 11.1. The molecule has 124 valence electrons. The predicted molar refractivity (Wildman–Crippen MR) is 63.9 cm³/mol. The minimum absolute atomic E-state index is 0.238. The fourth-order valence-electron chi connectivity index (χ4n) is 0.922. The summed E-state index contributed by atoms with van der Waals surface area (Å²) < 4.78 is 74.1. The maximum absolute atomic E-state index is 11.8. The van der Waals surface area contributed by atoms with Gasteiger partial charge in [0.25, 0.3) is 5.78 Å². The first-order chi connectivity index (χ1) is 9.98. The van der Waals surface area contributed by atoms with Crippen molar-refractivity contribution in [2.45, 2.75) is 19.3 Å². The normalized spacial score (nSPS) is 11.8. The Balaban J connectivity index is 0.000000401. The molecular formula is C12H11F6NO3. The van der Waals surface area contributed by atoms with Crippen LogP contribution in [0.3, 0.4) is 0 Å². The number of H-pyrrole nitrogens is 1. The number of pyridine rings is 1. The smallest absolute Gasteiger partial charge is 0.454 e. The van der Waals surface area contributed by atoms with Crippen LogP contribution in [0.25, 0.3) is 0 Å². The van der Waals surface area contributed by atoms with E-state index in [2.05, 4.69) is 9.72 Å². The van der Waals surface area contributed by atoms with Crippen molar-refractivity contribution < 1.29 is 35.9 Å². The van der Waals surface area contributed by atoms with Crippen LogP contribution in [0.2, 0.25) is 0 Å². The topological polar surface area (TPSA) is 59.2 Å². The van der Waals surface area contributed by atoms with Gasteiger partial charge in [0.15, 0.2) is 0 Å². The number of nitrogens with one attached hydrogen (secondary N) is 1. The van der Waals surface area contributed by atoms with E-state index in [4.69, 9.17) is 0 Å². The molecule has 0 bridgehead atoms. The van der Waals surface area contributed by atoms with Crippen molar-refractivity contribution in [2.75, 3.05) is 6.61 Å². The highest BCUT2D eigenvalue weighted by Gasteiger charge is 2.36. The summed E-state index contributed by atoms with van der Waals surface area (Å²) in [4.78, 5) is 22.5. The largest absolute Gasteiger partial charge is 0.501 e. The minimum Gasteiger partial charge on any atom is -0.501 e. The lowest BCUT2D eigenvalue weighted by molar-refractivity contribution is -0.165. The van der Waals surface area contributed by atoms with Crippen LogP contribution in [0.15, 0.2) is 35.5 Å². The van der Waals surface area contributed by atoms with Gasteiger partial charge in [0, 0.05) is 18.3 Å². The average Bonchev–Trinajstić information content (AvgIpc) is 2.37. The number of rotatable bonds is 3. The van der Waals surface area contributed by atoms with Crippen LogP contribution in [0.5, 0.6) is 0 Å². The summed E-state index contributed by atoms with van der Waals surface area (Å²) in [5.74, 6) is -1.91. The van der Waals surface area contributed by atoms with Crippen LogP contribution in [0.4, 0.5) is 26.3 Å². The second kappa shape index (κ2) is 8.25. The summed E-state index contributed by atoms with van der Waals surface area (Å²) in [6.07, 6.45) is -7.19. The third kappa shape index (κ3) is 8.12. The molecular weight excluding hydrogens is 320 g/mol. The fourth-order valence-corrected chi connectivity index (χ4v) is 0.922. The van der Waals surface area contributed by atoms with E-state index in [1.165, 1.54) is 0 Å². The van der Waals surface area contributed by atoms with Crippen LogP contribution in [0, 0.1) is 0 Å². The molecule has 0 radical (unpaired) electrons. The Kier molecular flexibility index (Phi) is 7.40. The van der Waals surface area contributed by atoms with E-state index in [1.54, 1.807) is 6.92 Å². The maximum Gasteiger partial charge on any atom is 0.454 e. The number of aromatic amines is 1. The summed E-state index contributed by atoms with van der Waals surface area (Å²) in [5.41, 5.74) is -1.68. The number of ether oxygens (including phenoxy) is 1. The molecule has 1 aromatic heterocycles. The number of hydrogen-bond donors (Lipinski definition) is 1. The number of aromatic nitrogens is 1. The molecule has 1 N–H and O–H groups in total. The number of hydrogen-bond acceptors (Lipinski definition) is 3. The highest BCUT2D eigenvalue weighted by molar-refractivity contribution is 5.94. The SMILES string of the molecule is CCOC=CC(=O)C(F)(F)F.O=c1cc(C(F)(F)F)cc[nH]1. The van der Waals surface area contributed by atoms with Crippen molar-refractivity contribution in [1.29, 1.82) is 0 Å². The Labute approximate surface area is 120 Å². The second-order valence-corrected chi connectivity index (χ2v) is 3.56. The number of allylic oxidation sites excluding steroid dienone is 1. The number of carbonyl (C=O) groups is 1. The molecule has 0 aromatic carbocycles. The zero-order valence-electron chi connectivity index (χ0n) is 11.1. The summed E-state index contributed by atoms with van der Waals surface area (Å²) >= 11 is 0. The lowest BCUT2D eigenvalue weighted by Crippen LogP contribution is -2.19. The Hall–Kier alpha value is -2.26. The van der Waals surface area contributed by atoms with Crippen molar-refractivity contribution in [3.8, 4) is 0 Å². The summed E-state index contributed by atoms with van der Waals surface area (Å²) in [6.45, 7) is 1.84. The number of halogens is 6. The van der Waals surface area contributed by atoms with E-state index in [0.29, 0.717) is 12.1 Å². The van der Waals surface area contributed by atoms with Crippen LogP contribution < -0.4 is 5.56 Å². The molecule has 0 saturated heterocycles. The number of carbonyl (C=O) groups excluding carboxylic acids is 1. The first kappa shape index (κ1) is 19.7. The highest BCUT2D eigenvalue weighted by atomic mass is 19.4. The van der Waals surface area contributed by atoms with Crippen LogP contribution in [-0.4, -0.2) is 23.6 Å². The van der Waals surface area contributed by atoms with Crippen LogP contribution in [-0.2, 0) is 15.7 Å². The molecule has 4 nitrogen and oxygen atoms in total. The molecule has 22 heavy (non-hydrogen) atoms. The van der Waals surface area contributed by atoms with E-state index < -0.39 is 29.3 Å². The quantitative estimate of drug-likeness (QED) is 0.526. The predicted octanol–water partition coefficient (Wildman–Crippen LogP) is 3.06. The van der Waals surface area contributed by atoms with Gasteiger partial charge in [-0.05, 0) is 13.0 Å². The molecule has 0 amide bonds. The van der Waals surface area contributed by atoms with E-state index in [-0.39, 0.29) is 6.61 Å². The van der Waals surface area contributed by atoms with Crippen molar-refractivity contribution >= 4 is 5.78 Å². The third-order valence-corrected chi connectivity index (χ3v) is 1.86. The van der Waals surface area contributed by atoms with Gasteiger partial charge in [-0.2, -0.15) is 26.3 Å². The first-order valence-corrected chi connectivity index (χ1v) is 5.63. The Bertz CT molecular complexity index is 559. The molecule has 1 rings (SSSR count). The van der Waals surface area contributed by atoms with Gasteiger partial charge >= 0.3 is 12.4 Å². The lowest BCUT2D eigenvalue weighted by atomic mass is 10.3. The van der Waals surface area contributed by atoms with Crippen molar-refractivity contribution in [1.82, 2.24) is 4.98 Å². The summed E-state index contributed by atoms with van der Waals surface area (Å²) in [7, 11) is 0. The average molecular weight is 331 g/mol. The van der Waals surface area contributed by atoms with Crippen LogP contribution >= 0.6 is 0 Å². The van der Waals surface area contributed by atoms with E-state index in [9.17, 15) is 35.9 Å². The van der Waals surface area contributed by atoms with Crippen molar-refractivity contribution in [3.05, 3.63) is 46.6 Å². The van der Waals surface area contributed by atoms with E-state index in [1.807, 2.05) is 0 Å². The molecule has 0 aliphatic carbocycles. The first-order valence-electron chi connectivity index (χ1n) is 5.63. The van der Waals surface area contributed by atoms with Gasteiger partial charge in [0.1, 0.15) is 0 Å². The maximum atomic E-state index is 11.8. The second-order valence-electron chi connectivity index (χ2n) is 3.56. The molecule has 0 spiro atoms. The molecule has 0 unspecified atom stereocenters. The van der Waals surface area contributed by atoms with Gasteiger partial charge in [-0.1, -0.05) is 0 Å². The highest BCUT2D eigenvalue weighted by Crippen LogP contribution is 2.27.